The van der Waals surface area contributed by atoms with Crippen LogP contribution >= 0.6 is 11.8 Å². The van der Waals surface area contributed by atoms with Crippen molar-refractivity contribution in [2.45, 2.75) is 70.8 Å². The molecule has 4 aliphatic rings. The maximum Gasteiger partial charge on any atom is 0.327 e. The number of aliphatic hydroxyl groups excluding tert-OH is 2. The van der Waals surface area contributed by atoms with Crippen LogP contribution in [0.25, 0.3) is 0 Å². The molecule has 1 amide bonds. The van der Waals surface area contributed by atoms with Gasteiger partial charge in [-0.05, 0) is 37.2 Å². The Morgan fingerprint density at radius 1 is 1.18 bits per heavy atom. The number of Topliss-reactive ketones (excluding diaryl/α,β-unsaturated/α-hetero) is 1. The summed E-state index contributed by atoms with van der Waals surface area (Å²) in [5, 5.41) is 58.0. The quantitative estimate of drug-likeness (QED) is 0.272. The van der Waals surface area contributed by atoms with Crippen molar-refractivity contribution in [2.24, 2.45) is 35.0 Å². The first-order valence-electron chi connectivity index (χ1n) is 13.2. The van der Waals surface area contributed by atoms with Crippen LogP contribution in [-0.2, 0) is 14.4 Å². The van der Waals surface area contributed by atoms with Gasteiger partial charge in [-0.3, -0.25) is 9.59 Å². The highest BCUT2D eigenvalue weighted by Crippen LogP contribution is 2.63. The van der Waals surface area contributed by atoms with Crippen LogP contribution in [0.5, 0.6) is 0 Å². The van der Waals surface area contributed by atoms with Gasteiger partial charge in [0.1, 0.15) is 17.4 Å². The van der Waals surface area contributed by atoms with Crippen LogP contribution in [-0.4, -0.2) is 78.0 Å². The molecule has 0 radical (unpaired) electrons. The number of thioether (sulfide) groups is 1. The summed E-state index contributed by atoms with van der Waals surface area (Å²) in [6, 6.07) is -1.19. The van der Waals surface area contributed by atoms with E-state index in [0.29, 0.717) is 6.42 Å². The van der Waals surface area contributed by atoms with Crippen molar-refractivity contribution < 1.29 is 39.9 Å². The summed E-state index contributed by atoms with van der Waals surface area (Å²) in [5.41, 5.74) is -4.32. The summed E-state index contributed by atoms with van der Waals surface area (Å²) in [4.78, 5) is 36.8. The standard InChI is InChI=1S/C28H39NO8S/c1-13-6-8-17-16(22(13)31)7-9-20-26(17,4)23(32)21-18(27(20,5)36)10-14(2)28(37,24(21)33)12-38-11-19(25(34)35)29-15(3)30/h7,9-10,13-14,16-17,19-20,22,31-32,36-37H,6,8,11-12H2,1-5H3,(H,29,30)(H,34,35). The summed E-state index contributed by atoms with van der Waals surface area (Å²) < 4.78 is 0. The van der Waals surface area contributed by atoms with Crippen molar-refractivity contribution >= 4 is 29.4 Å². The van der Waals surface area contributed by atoms with Crippen LogP contribution < -0.4 is 5.32 Å². The number of ketones is 1. The van der Waals surface area contributed by atoms with Gasteiger partial charge in [-0.15, -0.1) is 0 Å². The first kappa shape index (κ1) is 28.9. The summed E-state index contributed by atoms with van der Waals surface area (Å²) in [6.45, 7) is 8.31. The van der Waals surface area contributed by atoms with E-state index in [4.69, 9.17) is 0 Å². The zero-order valence-corrected chi connectivity index (χ0v) is 23.3. The number of aliphatic hydroxyl groups is 4. The van der Waals surface area contributed by atoms with E-state index >= 15 is 0 Å². The molecule has 9 nitrogen and oxygen atoms in total. The predicted molar refractivity (Wildman–Crippen MR) is 142 cm³/mol. The Hall–Kier alpha value is -2.14. The molecular weight excluding hydrogens is 510 g/mol. The van der Waals surface area contributed by atoms with E-state index in [2.05, 4.69) is 5.32 Å². The van der Waals surface area contributed by atoms with E-state index in [9.17, 15) is 39.9 Å². The number of nitrogens with one attached hydrogen (secondary N) is 1. The van der Waals surface area contributed by atoms with Gasteiger partial charge in [0.25, 0.3) is 0 Å². The van der Waals surface area contributed by atoms with Gasteiger partial charge in [-0.1, -0.05) is 39.0 Å². The number of rotatable bonds is 6. The lowest BCUT2D eigenvalue weighted by molar-refractivity contribution is -0.140. The van der Waals surface area contributed by atoms with Crippen molar-refractivity contribution in [3.05, 3.63) is 35.1 Å². The summed E-state index contributed by atoms with van der Waals surface area (Å²) in [5.74, 6) is -4.49. The normalized spacial score (nSPS) is 42.9. The molecule has 4 rings (SSSR count). The van der Waals surface area contributed by atoms with Gasteiger partial charge in [0.15, 0.2) is 5.78 Å². The zero-order valence-electron chi connectivity index (χ0n) is 22.5. The number of amides is 1. The second-order valence-electron chi connectivity index (χ2n) is 12.0. The number of carbonyl (C=O) groups is 3. The van der Waals surface area contributed by atoms with Crippen LogP contribution in [0.4, 0.5) is 0 Å². The molecule has 1 saturated carbocycles. The lowest BCUT2D eigenvalue weighted by Gasteiger charge is -2.59. The van der Waals surface area contributed by atoms with Gasteiger partial charge in [-0.25, -0.2) is 4.79 Å². The Morgan fingerprint density at radius 3 is 2.45 bits per heavy atom. The summed E-state index contributed by atoms with van der Waals surface area (Å²) in [6.07, 6.45) is 6.28. The zero-order chi connectivity index (χ0) is 28.4. The molecule has 38 heavy (non-hydrogen) atoms. The number of hydrogen-bond donors (Lipinski definition) is 6. The van der Waals surface area contributed by atoms with E-state index in [1.54, 1.807) is 19.9 Å². The molecule has 0 aromatic heterocycles. The van der Waals surface area contributed by atoms with E-state index < -0.39 is 58.3 Å². The van der Waals surface area contributed by atoms with Crippen LogP contribution in [0, 0.1) is 35.0 Å². The minimum atomic E-state index is -1.96. The molecule has 4 aliphatic carbocycles. The topological polar surface area (TPSA) is 164 Å². The third kappa shape index (κ3) is 4.24. The molecular formula is C28H39NO8S. The van der Waals surface area contributed by atoms with Crippen molar-refractivity contribution in [1.82, 2.24) is 5.32 Å². The molecule has 6 N–H and O–H groups in total. The van der Waals surface area contributed by atoms with Gasteiger partial charge in [-0.2, -0.15) is 11.8 Å². The highest BCUT2D eigenvalue weighted by molar-refractivity contribution is 7.99. The van der Waals surface area contributed by atoms with Crippen molar-refractivity contribution in [2.75, 3.05) is 11.5 Å². The first-order valence-corrected chi connectivity index (χ1v) is 14.3. The molecule has 1 fully saturated rings. The summed E-state index contributed by atoms with van der Waals surface area (Å²) >= 11 is 1.02. The van der Waals surface area contributed by atoms with Crippen LogP contribution in [0.3, 0.4) is 0 Å². The van der Waals surface area contributed by atoms with E-state index in [1.165, 1.54) is 6.92 Å². The highest BCUT2D eigenvalue weighted by atomic mass is 32.2. The molecule has 210 valence electrons. The third-order valence-electron chi connectivity index (χ3n) is 9.56. The third-order valence-corrected chi connectivity index (χ3v) is 10.8. The predicted octanol–water partition coefficient (Wildman–Crippen LogP) is 1.98. The molecule has 0 bridgehead atoms. The van der Waals surface area contributed by atoms with Crippen LogP contribution in [0.1, 0.15) is 47.5 Å². The van der Waals surface area contributed by atoms with Gasteiger partial charge in [0.2, 0.25) is 5.91 Å². The minimum absolute atomic E-state index is 0.0685. The molecule has 10 unspecified atom stereocenters. The molecule has 0 saturated heterocycles. The average molecular weight is 550 g/mol. The Labute approximate surface area is 227 Å². The molecule has 0 heterocycles. The Kier molecular flexibility index (Phi) is 7.44. The molecule has 0 aromatic rings. The Balaban J connectivity index is 1.72. The second kappa shape index (κ2) is 9.80. The van der Waals surface area contributed by atoms with Crippen molar-refractivity contribution in [3.8, 4) is 0 Å². The smallest absolute Gasteiger partial charge is 0.327 e. The SMILES string of the molecule is CC(=O)NC(CSCC1(O)C(=O)C2=C(O)C3(C)C4CCC(C)C(O)C4C=CC3C(C)(O)C2=CC1C)C(=O)O. The lowest BCUT2D eigenvalue weighted by atomic mass is 9.46. The minimum Gasteiger partial charge on any atom is -0.511 e. The lowest BCUT2D eigenvalue weighted by Crippen LogP contribution is -2.62. The number of carbonyl (C=O) groups excluding carboxylic acids is 2. The number of allylic oxidation sites excluding steroid dienone is 1. The number of hydrogen-bond acceptors (Lipinski definition) is 8. The fraction of sp³-hybridized carbons (Fsp3) is 0.679. The average Bonchev–Trinajstić information content (AvgIpc) is 2.82. The first-order chi connectivity index (χ1) is 17.6. The molecule has 10 atom stereocenters. The second-order valence-corrected chi connectivity index (χ2v) is 13.0. The fourth-order valence-electron chi connectivity index (χ4n) is 7.19. The Morgan fingerprint density at radius 2 is 1.84 bits per heavy atom. The van der Waals surface area contributed by atoms with Crippen molar-refractivity contribution in [1.29, 1.82) is 0 Å². The molecule has 0 spiro atoms. The van der Waals surface area contributed by atoms with Crippen LogP contribution in [0.15, 0.2) is 35.1 Å². The van der Waals surface area contributed by atoms with E-state index in [-0.39, 0.29) is 46.2 Å². The summed E-state index contributed by atoms with van der Waals surface area (Å²) in [7, 11) is 0. The number of aliphatic carboxylic acids is 1. The van der Waals surface area contributed by atoms with Gasteiger partial charge in [0, 0.05) is 41.6 Å². The number of carboxylic acids is 1. The van der Waals surface area contributed by atoms with E-state index in [1.807, 2.05) is 26.0 Å². The molecule has 0 aromatic carbocycles. The highest BCUT2D eigenvalue weighted by Gasteiger charge is 2.64. The number of carboxylic acid groups (broad SMARTS) is 1. The maximum absolute atomic E-state index is 14.0. The van der Waals surface area contributed by atoms with E-state index in [0.717, 1.165) is 18.2 Å². The largest absolute Gasteiger partial charge is 0.511 e. The Bertz CT molecular complexity index is 1130. The van der Waals surface area contributed by atoms with Crippen LogP contribution in [0.2, 0.25) is 0 Å². The molecule has 0 aliphatic heterocycles. The number of fused-ring (bicyclic) bond motifs is 4. The van der Waals surface area contributed by atoms with Gasteiger partial charge >= 0.3 is 5.97 Å². The monoisotopic (exact) mass is 549 g/mol. The molecule has 10 heteroatoms. The fourth-order valence-corrected chi connectivity index (χ4v) is 8.48. The van der Waals surface area contributed by atoms with Crippen molar-refractivity contribution in [3.63, 3.8) is 0 Å². The van der Waals surface area contributed by atoms with Gasteiger partial charge < -0.3 is 30.8 Å². The van der Waals surface area contributed by atoms with Gasteiger partial charge in [0.05, 0.1) is 17.3 Å². The maximum atomic E-state index is 14.0.